The number of hydrogen-bond acceptors (Lipinski definition) is 5. The zero-order valence-corrected chi connectivity index (χ0v) is 13.1. The number of halogens is 1. The van der Waals surface area contributed by atoms with Crippen LogP contribution in [-0.2, 0) is 11.3 Å². The summed E-state index contributed by atoms with van der Waals surface area (Å²) >= 11 is 0. The zero-order valence-electron chi connectivity index (χ0n) is 13.1. The fraction of sp³-hybridized carbons (Fsp3) is 0.250. The van der Waals surface area contributed by atoms with Gasteiger partial charge >= 0.3 is 5.97 Å². The molecule has 0 atom stereocenters. The summed E-state index contributed by atoms with van der Waals surface area (Å²) in [6.45, 7) is 1.77. The largest absolute Gasteiger partial charge is 0.465 e. The molecular formula is C16H17FN2O4. The molecule has 2 rings (SSSR count). The van der Waals surface area contributed by atoms with Crippen LogP contribution >= 0.6 is 0 Å². The van der Waals surface area contributed by atoms with Crippen molar-refractivity contribution < 1.29 is 23.1 Å². The number of aryl methyl sites for hydroxylation is 1. The molecular weight excluding hydrogens is 303 g/mol. The van der Waals surface area contributed by atoms with Crippen molar-refractivity contribution >= 4 is 17.6 Å². The number of ether oxygens (including phenoxy) is 1. The van der Waals surface area contributed by atoms with Gasteiger partial charge in [0.05, 0.1) is 19.2 Å². The summed E-state index contributed by atoms with van der Waals surface area (Å²) in [5.41, 5.74) is 6.24. The molecule has 0 bridgehead atoms. The first-order chi connectivity index (χ1) is 10.8. The Morgan fingerprint density at radius 3 is 2.61 bits per heavy atom. The second-order valence-electron chi connectivity index (χ2n) is 5.07. The molecule has 0 aliphatic carbocycles. The Labute approximate surface area is 132 Å². The van der Waals surface area contributed by atoms with E-state index in [1.165, 1.54) is 30.2 Å². The maximum atomic E-state index is 13.1. The SMILES string of the molecule is COC(=O)c1cc(CN(C)C(=O)c2ccc(F)cc2N)oc1C. The maximum absolute atomic E-state index is 13.1. The highest BCUT2D eigenvalue weighted by molar-refractivity contribution is 5.99. The average molecular weight is 320 g/mol. The van der Waals surface area contributed by atoms with E-state index < -0.39 is 11.8 Å². The Kier molecular flexibility index (Phi) is 4.68. The highest BCUT2D eigenvalue weighted by Crippen LogP contribution is 2.19. The molecule has 23 heavy (non-hydrogen) atoms. The standard InChI is InChI=1S/C16H17FN2O4/c1-9-13(16(21)22-3)7-11(23-9)8-19(2)15(20)12-5-4-10(17)6-14(12)18/h4-7H,8,18H2,1-3H3. The predicted molar refractivity (Wildman–Crippen MR) is 81.4 cm³/mol. The molecule has 122 valence electrons. The van der Waals surface area contributed by atoms with Gasteiger partial charge in [-0.05, 0) is 31.2 Å². The number of nitrogens with two attached hydrogens (primary N) is 1. The molecule has 7 heteroatoms. The van der Waals surface area contributed by atoms with Crippen molar-refractivity contribution in [3.8, 4) is 0 Å². The number of carbonyl (C=O) groups is 2. The Morgan fingerprint density at radius 2 is 2.00 bits per heavy atom. The lowest BCUT2D eigenvalue weighted by atomic mass is 10.1. The second-order valence-corrected chi connectivity index (χ2v) is 5.07. The van der Waals surface area contributed by atoms with E-state index in [1.807, 2.05) is 0 Å². The molecule has 2 N–H and O–H groups in total. The molecule has 0 aliphatic rings. The third-order valence-corrected chi connectivity index (χ3v) is 3.36. The van der Waals surface area contributed by atoms with Crippen LogP contribution in [0.3, 0.4) is 0 Å². The molecule has 6 nitrogen and oxygen atoms in total. The van der Waals surface area contributed by atoms with Crippen LogP contribution in [0.1, 0.15) is 32.2 Å². The number of esters is 1. The van der Waals surface area contributed by atoms with Crippen molar-refractivity contribution in [2.75, 3.05) is 19.9 Å². The summed E-state index contributed by atoms with van der Waals surface area (Å²) in [5.74, 6) is -0.551. The topological polar surface area (TPSA) is 85.8 Å². The normalized spacial score (nSPS) is 10.4. The Bertz CT molecular complexity index is 755. The van der Waals surface area contributed by atoms with Gasteiger partial charge in [-0.25, -0.2) is 9.18 Å². The van der Waals surface area contributed by atoms with Gasteiger partial charge in [0.15, 0.2) is 0 Å². The van der Waals surface area contributed by atoms with Crippen LogP contribution in [0.15, 0.2) is 28.7 Å². The van der Waals surface area contributed by atoms with Gasteiger partial charge in [-0.2, -0.15) is 0 Å². The summed E-state index contributed by atoms with van der Waals surface area (Å²) < 4.78 is 23.2. The van der Waals surface area contributed by atoms with Gasteiger partial charge in [0, 0.05) is 12.7 Å². The van der Waals surface area contributed by atoms with Crippen molar-refractivity contribution in [1.29, 1.82) is 0 Å². The highest BCUT2D eigenvalue weighted by Gasteiger charge is 2.20. The average Bonchev–Trinajstić information content (AvgIpc) is 2.86. The minimum absolute atomic E-state index is 0.0627. The van der Waals surface area contributed by atoms with Crippen molar-refractivity contribution in [3.63, 3.8) is 0 Å². The first-order valence-electron chi connectivity index (χ1n) is 6.81. The van der Waals surface area contributed by atoms with Crippen LogP contribution in [0.5, 0.6) is 0 Å². The molecule has 0 aliphatic heterocycles. The van der Waals surface area contributed by atoms with Crippen molar-refractivity contribution in [3.05, 3.63) is 52.7 Å². The van der Waals surface area contributed by atoms with E-state index >= 15 is 0 Å². The van der Waals surface area contributed by atoms with Crippen molar-refractivity contribution in [1.82, 2.24) is 4.90 Å². The monoisotopic (exact) mass is 320 g/mol. The van der Waals surface area contributed by atoms with E-state index in [2.05, 4.69) is 4.74 Å². The van der Waals surface area contributed by atoms with Crippen LogP contribution in [0.4, 0.5) is 10.1 Å². The third-order valence-electron chi connectivity index (χ3n) is 3.36. The Balaban J connectivity index is 2.17. The summed E-state index contributed by atoms with van der Waals surface area (Å²) in [4.78, 5) is 25.3. The fourth-order valence-electron chi connectivity index (χ4n) is 2.17. The number of benzene rings is 1. The fourth-order valence-corrected chi connectivity index (χ4v) is 2.17. The number of methoxy groups -OCH3 is 1. The number of amides is 1. The molecule has 0 spiro atoms. The van der Waals surface area contributed by atoms with Crippen LogP contribution in [-0.4, -0.2) is 30.9 Å². The van der Waals surface area contributed by atoms with Gasteiger partial charge in [-0.15, -0.1) is 0 Å². The Hall–Kier alpha value is -2.83. The van der Waals surface area contributed by atoms with Crippen LogP contribution in [0, 0.1) is 12.7 Å². The summed E-state index contributed by atoms with van der Waals surface area (Å²) in [5, 5.41) is 0. The lowest BCUT2D eigenvalue weighted by molar-refractivity contribution is 0.0598. The third kappa shape index (κ3) is 3.50. The molecule has 1 heterocycles. The smallest absolute Gasteiger partial charge is 0.341 e. The van der Waals surface area contributed by atoms with Crippen molar-refractivity contribution in [2.45, 2.75) is 13.5 Å². The van der Waals surface area contributed by atoms with Gasteiger partial charge in [0.1, 0.15) is 22.9 Å². The molecule has 0 radical (unpaired) electrons. The predicted octanol–water partition coefficient (Wildman–Crippen LogP) is 2.37. The molecule has 0 saturated heterocycles. The molecule has 0 fully saturated rings. The molecule has 0 saturated carbocycles. The lowest BCUT2D eigenvalue weighted by Gasteiger charge is -2.16. The number of nitrogen functional groups attached to an aromatic ring is 1. The van der Waals surface area contributed by atoms with E-state index in [0.717, 1.165) is 6.07 Å². The minimum Gasteiger partial charge on any atom is -0.465 e. The summed E-state index contributed by atoms with van der Waals surface area (Å²) in [6, 6.07) is 5.12. The number of hydrogen-bond donors (Lipinski definition) is 1. The van der Waals surface area contributed by atoms with E-state index in [9.17, 15) is 14.0 Å². The molecule has 2 aromatic rings. The van der Waals surface area contributed by atoms with Gasteiger partial charge in [-0.1, -0.05) is 0 Å². The number of carbonyl (C=O) groups excluding carboxylic acids is 2. The lowest BCUT2D eigenvalue weighted by Crippen LogP contribution is -2.26. The highest BCUT2D eigenvalue weighted by atomic mass is 19.1. The van der Waals surface area contributed by atoms with E-state index in [4.69, 9.17) is 10.2 Å². The first-order valence-corrected chi connectivity index (χ1v) is 6.81. The van der Waals surface area contributed by atoms with Crippen LogP contribution in [0.25, 0.3) is 0 Å². The minimum atomic E-state index is -0.508. The molecule has 1 aromatic carbocycles. The maximum Gasteiger partial charge on any atom is 0.341 e. The number of rotatable bonds is 4. The van der Waals surface area contributed by atoms with E-state index in [0.29, 0.717) is 17.1 Å². The molecule has 1 amide bonds. The van der Waals surface area contributed by atoms with E-state index in [1.54, 1.807) is 14.0 Å². The summed E-state index contributed by atoms with van der Waals surface area (Å²) in [6.07, 6.45) is 0. The quantitative estimate of drug-likeness (QED) is 0.690. The number of anilines is 1. The van der Waals surface area contributed by atoms with E-state index in [-0.39, 0.29) is 23.7 Å². The molecule has 1 aromatic heterocycles. The Morgan fingerprint density at radius 1 is 1.30 bits per heavy atom. The summed E-state index contributed by atoms with van der Waals surface area (Å²) in [7, 11) is 2.84. The van der Waals surface area contributed by atoms with Crippen molar-refractivity contribution in [2.24, 2.45) is 0 Å². The first kappa shape index (κ1) is 16.5. The van der Waals surface area contributed by atoms with Crippen LogP contribution < -0.4 is 5.73 Å². The van der Waals surface area contributed by atoms with Crippen LogP contribution in [0.2, 0.25) is 0 Å². The van der Waals surface area contributed by atoms with Gasteiger partial charge in [0.25, 0.3) is 5.91 Å². The zero-order chi connectivity index (χ0) is 17.1. The number of furan rings is 1. The van der Waals surface area contributed by atoms with Gasteiger partial charge in [0.2, 0.25) is 0 Å². The number of nitrogens with zero attached hydrogens (tertiary/aromatic N) is 1. The molecule has 0 unspecified atom stereocenters. The van der Waals surface area contributed by atoms with Gasteiger partial charge < -0.3 is 19.8 Å². The second kappa shape index (κ2) is 6.51. The van der Waals surface area contributed by atoms with Gasteiger partial charge in [-0.3, -0.25) is 4.79 Å².